The fourth-order valence-electron chi connectivity index (χ4n) is 1.49. The van der Waals surface area contributed by atoms with Crippen LogP contribution in [0.25, 0.3) is 0 Å². The molecule has 2 N–H and O–H groups in total. The first-order chi connectivity index (χ1) is 9.26. The maximum atomic E-state index is 5.87. The minimum atomic E-state index is 0.221. The van der Waals surface area contributed by atoms with Gasteiger partial charge < -0.3 is 10.6 Å². The van der Waals surface area contributed by atoms with Crippen LogP contribution in [0.4, 0.5) is 11.9 Å². The van der Waals surface area contributed by atoms with Gasteiger partial charge in [0, 0.05) is 13.1 Å². The van der Waals surface area contributed by atoms with E-state index in [9.17, 15) is 0 Å². The quantitative estimate of drug-likeness (QED) is 0.647. The number of anilines is 2. The molecule has 0 aromatic carbocycles. The Kier molecular flexibility index (Phi) is 8.66. The number of halogens is 1. The second-order valence-electron chi connectivity index (χ2n) is 4.16. The van der Waals surface area contributed by atoms with Crippen molar-refractivity contribution >= 4 is 35.3 Å². The molecule has 1 heterocycles. The molecular weight excluding hydrogens is 282 g/mol. The fraction of sp³-hybridized carbons (Fsp3) is 0.750. The van der Waals surface area contributed by atoms with Gasteiger partial charge in [0.2, 0.25) is 17.2 Å². The Morgan fingerprint density at radius 2 is 1.68 bits per heavy atom. The molecule has 1 aromatic rings. The van der Waals surface area contributed by atoms with Crippen LogP contribution in [-0.2, 0) is 0 Å². The van der Waals surface area contributed by atoms with E-state index in [4.69, 9.17) is 11.6 Å². The first-order valence-electron chi connectivity index (χ1n) is 6.64. The lowest BCUT2D eigenvalue weighted by atomic mass is 10.2. The molecule has 0 saturated carbocycles. The zero-order valence-electron chi connectivity index (χ0n) is 11.6. The van der Waals surface area contributed by atoms with E-state index in [1.807, 2.05) is 11.8 Å². The van der Waals surface area contributed by atoms with Crippen molar-refractivity contribution in [2.75, 3.05) is 35.7 Å². The Morgan fingerprint density at radius 3 is 2.32 bits per heavy atom. The van der Waals surface area contributed by atoms with Crippen LogP contribution in [-0.4, -0.2) is 40.1 Å². The number of hydrogen-bond acceptors (Lipinski definition) is 6. The van der Waals surface area contributed by atoms with Gasteiger partial charge in [-0.3, -0.25) is 0 Å². The van der Waals surface area contributed by atoms with E-state index in [-0.39, 0.29) is 5.28 Å². The molecule has 19 heavy (non-hydrogen) atoms. The van der Waals surface area contributed by atoms with E-state index in [1.54, 1.807) is 0 Å². The van der Waals surface area contributed by atoms with Crippen LogP contribution in [0.2, 0.25) is 5.28 Å². The number of unbranched alkanes of at least 4 members (excludes halogenated alkanes) is 2. The first kappa shape index (κ1) is 16.3. The summed E-state index contributed by atoms with van der Waals surface area (Å²) >= 11 is 7.75. The van der Waals surface area contributed by atoms with E-state index in [0.717, 1.165) is 25.9 Å². The first-order valence-corrected chi connectivity index (χ1v) is 8.41. The third-order valence-corrected chi connectivity index (χ3v) is 3.32. The Labute approximate surface area is 124 Å². The predicted octanol–water partition coefficient (Wildman–Crippen LogP) is 3.29. The Balaban J connectivity index is 2.34. The summed E-state index contributed by atoms with van der Waals surface area (Å²) in [4.78, 5) is 12.4. The molecule has 0 aliphatic heterocycles. The summed E-state index contributed by atoms with van der Waals surface area (Å²) in [7, 11) is 0. The highest BCUT2D eigenvalue weighted by Gasteiger charge is 2.03. The Hall–Kier alpha value is -0.750. The van der Waals surface area contributed by atoms with Crippen LogP contribution >= 0.6 is 23.4 Å². The standard InChI is InChI=1S/C12H22ClN5S/c1-3-7-14-11-16-10(13)17-12(18-11)15-8-5-4-6-9-19-2/h3-9H2,1-2H3,(H2,14,15,16,17,18). The molecule has 0 spiro atoms. The van der Waals surface area contributed by atoms with Gasteiger partial charge in [0.15, 0.2) is 0 Å². The maximum absolute atomic E-state index is 5.87. The molecule has 0 fully saturated rings. The van der Waals surface area contributed by atoms with Gasteiger partial charge in [-0.1, -0.05) is 13.3 Å². The van der Waals surface area contributed by atoms with Crippen molar-refractivity contribution in [2.45, 2.75) is 32.6 Å². The van der Waals surface area contributed by atoms with E-state index >= 15 is 0 Å². The van der Waals surface area contributed by atoms with Crippen molar-refractivity contribution < 1.29 is 0 Å². The molecule has 0 aliphatic rings. The van der Waals surface area contributed by atoms with Crippen molar-refractivity contribution in [3.63, 3.8) is 0 Å². The van der Waals surface area contributed by atoms with Crippen LogP contribution in [0.3, 0.4) is 0 Å². The molecule has 0 radical (unpaired) electrons. The van der Waals surface area contributed by atoms with Gasteiger partial charge in [0.05, 0.1) is 0 Å². The summed E-state index contributed by atoms with van der Waals surface area (Å²) in [6.07, 6.45) is 6.73. The molecule has 108 valence electrons. The number of thioether (sulfide) groups is 1. The van der Waals surface area contributed by atoms with Crippen molar-refractivity contribution in [2.24, 2.45) is 0 Å². The van der Waals surface area contributed by atoms with E-state index in [1.165, 1.54) is 18.6 Å². The third-order valence-electron chi connectivity index (χ3n) is 2.45. The predicted molar refractivity (Wildman–Crippen MR) is 84.3 cm³/mol. The molecule has 1 aromatic heterocycles. The highest BCUT2D eigenvalue weighted by atomic mass is 35.5. The molecular formula is C12H22ClN5S. The van der Waals surface area contributed by atoms with Gasteiger partial charge in [0.1, 0.15) is 0 Å². The molecule has 5 nitrogen and oxygen atoms in total. The average molecular weight is 304 g/mol. The normalized spacial score (nSPS) is 10.5. The van der Waals surface area contributed by atoms with E-state index in [0.29, 0.717) is 11.9 Å². The zero-order chi connectivity index (χ0) is 13.9. The van der Waals surface area contributed by atoms with Crippen molar-refractivity contribution in [1.29, 1.82) is 0 Å². The topological polar surface area (TPSA) is 62.7 Å². The second-order valence-corrected chi connectivity index (χ2v) is 5.48. The Morgan fingerprint density at radius 1 is 1.00 bits per heavy atom. The number of hydrogen-bond donors (Lipinski definition) is 2. The average Bonchev–Trinajstić information content (AvgIpc) is 2.40. The highest BCUT2D eigenvalue weighted by molar-refractivity contribution is 7.98. The number of nitrogens with one attached hydrogen (secondary N) is 2. The molecule has 7 heteroatoms. The summed E-state index contributed by atoms with van der Waals surface area (Å²) in [5.74, 6) is 2.30. The summed E-state index contributed by atoms with van der Waals surface area (Å²) < 4.78 is 0. The van der Waals surface area contributed by atoms with Gasteiger partial charge in [-0.2, -0.15) is 26.7 Å². The van der Waals surface area contributed by atoms with Gasteiger partial charge in [-0.25, -0.2) is 0 Å². The molecule has 0 aliphatic carbocycles. The smallest absolute Gasteiger partial charge is 0.228 e. The lowest BCUT2D eigenvalue weighted by Crippen LogP contribution is -2.10. The lowest BCUT2D eigenvalue weighted by molar-refractivity contribution is 0.745. The molecule has 0 bridgehead atoms. The lowest BCUT2D eigenvalue weighted by Gasteiger charge is -2.07. The third kappa shape index (κ3) is 7.42. The molecule has 0 saturated heterocycles. The molecule has 1 rings (SSSR count). The summed E-state index contributed by atoms with van der Waals surface area (Å²) in [5.41, 5.74) is 0. The molecule has 0 atom stereocenters. The van der Waals surface area contributed by atoms with Crippen molar-refractivity contribution in [3.05, 3.63) is 5.28 Å². The van der Waals surface area contributed by atoms with Crippen LogP contribution < -0.4 is 10.6 Å². The summed E-state index contributed by atoms with van der Waals surface area (Å²) in [5, 5.41) is 6.51. The van der Waals surface area contributed by atoms with Crippen LogP contribution in [0.1, 0.15) is 32.6 Å². The van der Waals surface area contributed by atoms with Crippen LogP contribution in [0.15, 0.2) is 0 Å². The minimum Gasteiger partial charge on any atom is -0.354 e. The van der Waals surface area contributed by atoms with Crippen molar-refractivity contribution in [3.8, 4) is 0 Å². The number of rotatable bonds is 10. The van der Waals surface area contributed by atoms with Crippen LogP contribution in [0.5, 0.6) is 0 Å². The SMILES string of the molecule is CCCNc1nc(Cl)nc(NCCCCCSC)n1. The minimum absolute atomic E-state index is 0.221. The van der Waals surface area contributed by atoms with Crippen LogP contribution in [0, 0.1) is 0 Å². The van der Waals surface area contributed by atoms with Gasteiger partial charge >= 0.3 is 0 Å². The number of aromatic nitrogens is 3. The molecule has 0 amide bonds. The van der Waals surface area contributed by atoms with Gasteiger partial charge in [-0.15, -0.1) is 0 Å². The van der Waals surface area contributed by atoms with Gasteiger partial charge in [0.25, 0.3) is 0 Å². The zero-order valence-corrected chi connectivity index (χ0v) is 13.2. The molecule has 0 unspecified atom stereocenters. The largest absolute Gasteiger partial charge is 0.354 e. The van der Waals surface area contributed by atoms with Crippen molar-refractivity contribution in [1.82, 2.24) is 15.0 Å². The van der Waals surface area contributed by atoms with Gasteiger partial charge in [-0.05, 0) is 42.9 Å². The van der Waals surface area contributed by atoms with E-state index < -0.39 is 0 Å². The Bertz CT molecular complexity index is 364. The monoisotopic (exact) mass is 303 g/mol. The second kappa shape index (κ2) is 10.1. The highest BCUT2D eigenvalue weighted by Crippen LogP contribution is 2.10. The number of nitrogens with zero attached hydrogens (tertiary/aromatic N) is 3. The summed E-state index contributed by atoms with van der Waals surface area (Å²) in [6.45, 7) is 3.78. The summed E-state index contributed by atoms with van der Waals surface area (Å²) in [6, 6.07) is 0. The fourth-order valence-corrected chi connectivity index (χ4v) is 2.15. The maximum Gasteiger partial charge on any atom is 0.228 e. The van der Waals surface area contributed by atoms with E-state index in [2.05, 4.69) is 38.8 Å².